The van der Waals surface area contributed by atoms with Gasteiger partial charge in [0.05, 0.1) is 30.0 Å². The summed E-state index contributed by atoms with van der Waals surface area (Å²) in [6.45, 7) is 3.41. The molecule has 0 radical (unpaired) electrons. The lowest BCUT2D eigenvalue weighted by molar-refractivity contribution is -0.0578. The number of hydrogen-bond donors (Lipinski definition) is 0. The Hall–Kier alpha value is -1.87. The van der Waals surface area contributed by atoms with Crippen LogP contribution in [0.5, 0.6) is 0 Å². The van der Waals surface area contributed by atoms with Gasteiger partial charge in [0.1, 0.15) is 11.7 Å². The summed E-state index contributed by atoms with van der Waals surface area (Å²) in [5.41, 5.74) is 2.04. The smallest absolute Gasteiger partial charge is 0.111 e. The Morgan fingerprint density at radius 1 is 1.35 bits per heavy atom. The maximum Gasteiger partial charge on any atom is 0.111 e. The Kier molecular flexibility index (Phi) is 3.61. The van der Waals surface area contributed by atoms with E-state index in [1.165, 1.54) is 0 Å². The van der Waals surface area contributed by atoms with Gasteiger partial charge in [-0.25, -0.2) is 0 Å². The number of halogens is 1. The van der Waals surface area contributed by atoms with Gasteiger partial charge in [0, 0.05) is 42.7 Å². The maximum absolute atomic E-state index is 9.53. The highest BCUT2D eigenvalue weighted by Gasteiger charge is 2.41. The van der Waals surface area contributed by atoms with Crippen molar-refractivity contribution in [3.63, 3.8) is 0 Å². The zero-order chi connectivity index (χ0) is 15.9. The van der Waals surface area contributed by atoms with Crippen molar-refractivity contribution in [1.29, 1.82) is 5.26 Å². The molecule has 1 aromatic heterocycles. The summed E-state index contributed by atoms with van der Waals surface area (Å²) >= 11 is 6.17. The highest BCUT2D eigenvalue weighted by atomic mass is 35.5. The lowest BCUT2D eigenvalue weighted by Crippen LogP contribution is -2.52. The summed E-state index contributed by atoms with van der Waals surface area (Å²) in [5.74, 6) is 0. The summed E-state index contributed by atoms with van der Waals surface area (Å²) in [7, 11) is 0. The Morgan fingerprint density at radius 2 is 2.26 bits per heavy atom. The van der Waals surface area contributed by atoms with Crippen LogP contribution in [0.4, 0.5) is 5.69 Å². The molecule has 118 valence electrons. The highest BCUT2D eigenvalue weighted by Crippen LogP contribution is 2.36. The number of fused-ring (bicyclic) bond motifs is 1. The summed E-state index contributed by atoms with van der Waals surface area (Å²) < 4.78 is 11.5. The number of anilines is 1. The van der Waals surface area contributed by atoms with Crippen molar-refractivity contribution in [3.8, 4) is 6.07 Å². The third-order valence-corrected chi connectivity index (χ3v) is 4.79. The molecule has 23 heavy (non-hydrogen) atoms. The Labute approximate surface area is 139 Å². The van der Waals surface area contributed by atoms with E-state index in [-0.39, 0.29) is 5.60 Å². The molecule has 0 bridgehead atoms. The van der Waals surface area contributed by atoms with Crippen LogP contribution in [0.2, 0.25) is 5.02 Å². The Bertz CT molecular complexity index is 796. The van der Waals surface area contributed by atoms with Crippen molar-refractivity contribution in [2.75, 3.05) is 37.8 Å². The number of ether oxygens (including phenoxy) is 2. The van der Waals surface area contributed by atoms with Crippen LogP contribution in [0.15, 0.2) is 24.4 Å². The van der Waals surface area contributed by atoms with E-state index in [1.54, 1.807) is 6.20 Å². The van der Waals surface area contributed by atoms with Crippen LogP contribution < -0.4 is 4.90 Å². The van der Waals surface area contributed by atoms with Crippen molar-refractivity contribution >= 4 is 28.2 Å². The van der Waals surface area contributed by atoms with E-state index in [0.717, 1.165) is 36.2 Å². The molecule has 1 unspecified atom stereocenters. The van der Waals surface area contributed by atoms with Crippen molar-refractivity contribution in [1.82, 2.24) is 4.98 Å². The van der Waals surface area contributed by atoms with Gasteiger partial charge in [-0.05, 0) is 18.2 Å². The Balaban J connectivity index is 1.83. The van der Waals surface area contributed by atoms with E-state index in [9.17, 15) is 5.26 Å². The molecule has 2 saturated heterocycles. The number of morpholine rings is 1. The van der Waals surface area contributed by atoms with Crippen LogP contribution in [0, 0.1) is 11.3 Å². The third-order valence-electron chi connectivity index (χ3n) is 4.55. The molecule has 4 rings (SSSR count). The fourth-order valence-corrected chi connectivity index (χ4v) is 3.61. The summed E-state index contributed by atoms with van der Waals surface area (Å²) in [6, 6.07) is 7.85. The maximum atomic E-state index is 9.53. The lowest BCUT2D eigenvalue weighted by atomic mass is 9.99. The van der Waals surface area contributed by atoms with Crippen molar-refractivity contribution in [2.24, 2.45) is 0 Å². The average Bonchev–Trinajstić information content (AvgIpc) is 3.01. The molecule has 0 aliphatic carbocycles. The molecule has 2 fully saturated rings. The molecule has 2 aliphatic rings. The molecule has 1 atom stereocenters. The minimum absolute atomic E-state index is 0.265. The number of hydrogen-bond acceptors (Lipinski definition) is 5. The minimum Gasteiger partial charge on any atom is -0.378 e. The van der Waals surface area contributed by atoms with E-state index in [1.807, 2.05) is 18.2 Å². The molecule has 5 nitrogen and oxygen atoms in total. The quantitative estimate of drug-likeness (QED) is 0.805. The molecule has 3 heterocycles. The molecule has 2 aliphatic heterocycles. The summed E-state index contributed by atoms with van der Waals surface area (Å²) in [4.78, 5) is 6.59. The molecule has 0 saturated carbocycles. The van der Waals surface area contributed by atoms with Gasteiger partial charge >= 0.3 is 0 Å². The van der Waals surface area contributed by atoms with Gasteiger partial charge < -0.3 is 14.4 Å². The van der Waals surface area contributed by atoms with Crippen molar-refractivity contribution < 1.29 is 9.47 Å². The first-order valence-electron chi connectivity index (χ1n) is 7.66. The molecule has 2 aromatic rings. The van der Waals surface area contributed by atoms with Gasteiger partial charge in [-0.1, -0.05) is 11.6 Å². The zero-order valence-corrected chi connectivity index (χ0v) is 13.3. The first-order chi connectivity index (χ1) is 11.2. The number of aromatic nitrogens is 1. The zero-order valence-electron chi connectivity index (χ0n) is 12.6. The summed E-state index contributed by atoms with van der Waals surface area (Å²) in [5, 5.41) is 11.1. The second-order valence-corrected chi connectivity index (χ2v) is 6.49. The fourth-order valence-electron chi connectivity index (χ4n) is 3.44. The number of pyridine rings is 1. The number of rotatable bonds is 1. The molecule has 1 aromatic carbocycles. The second kappa shape index (κ2) is 5.64. The third kappa shape index (κ3) is 2.53. The molecule has 0 amide bonds. The standard InChI is InChI=1S/C17H16ClN3O2/c18-13-1-2-15-14(7-13)16(12(8-19)9-20-15)21-4-6-23-17(10-21)3-5-22-11-17/h1-2,7,9H,3-6,10-11H2. The van der Waals surface area contributed by atoms with Gasteiger partial charge in [0.15, 0.2) is 0 Å². The predicted molar refractivity (Wildman–Crippen MR) is 87.8 cm³/mol. The fraction of sp³-hybridized carbons (Fsp3) is 0.412. The van der Waals surface area contributed by atoms with Gasteiger partial charge in [0.25, 0.3) is 0 Å². The predicted octanol–water partition coefficient (Wildman–Crippen LogP) is 2.76. The van der Waals surface area contributed by atoms with Crippen molar-refractivity contribution in [2.45, 2.75) is 12.0 Å². The van der Waals surface area contributed by atoms with Gasteiger partial charge in [0.2, 0.25) is 0 Å². The molecular formula is C17H16ClN3O2. The minimum atomic E-state index is -0.265. The van der Waals surface area contributed by atoms with E-state index >= 15 is 0 Å². The number of nitrogens with zero attached hydrogens (tertiary/aromatic N) is 3. The van der Waals surface area contributed by atoms with E-state index in [4.69, 9.17) is 21.1 Å². The van der Waals surface area contributed by atoms with Crippen LogP contribution in [0.1, 0.15) is 12.0 Å². The summed E-state index contributed by atoms with van der Waals surface area (Å²) in [6.07, 6.45) is 2.52. The van der Waals surface area contributed by atoms with Crippen LogP contribution in [0.25, 0.3) is 10.9 Å². The van der Waals surface area contributed by atoms with Gasteiger partial charge in [-0.15, -0.1) is 0 Å². The Morgan fingerprint density at radius 3 is 3.04 bits per heavy atom. The van der Waals surface area contributed by atoms with E-state index in [2.05, 4.69) is 16.0 Å². The largest absolute Gasteiger partial charge is 0.378 e. The second-order valence-electron chi connectivity index (χ2n) is 6.05. The van der Waals surface area contributed by atoms with E-state index in [0.29, 0.717) is 30.3 Å². The van der Waals surface area contributed by atoms with Crippen LogP contribution in [0.3, 0.4) is 0 Å². The van der Waals surface area contributed by atoms with E-state index < -0.39 is 0 Å². The molecule has 6 heteroatoms. The first kappa shape index (κ1) is 14.7. The lowest BCUT2D eigenvalue weighted by Gasteiger charge is -2.41. The average molecular weight is 330 g/mol. The molecule has 1 spiro atoms. The van der Waals surface area contributed by atoms with Crippen LogP contribution in [-0.2, 0) is 9.47 Å². The van der Waals surface area contributed by atoms with Crippen LogP contribution in [-0.4, -0.2) is 43.5 Å². The monoisotopic (exact) mass is 329 g/mol. The van der Waals surface area contributed by atoms with Gasteiger partial charge in [-0.3, -0.25) is 4.98 Å². The topological polar surface area (TPSA) is 58.4 Å². The van der Waals surface area contributed by atoms with Gasteiger partial charge in [-0.2, -0.15) is 5.26 Å². The molecular weight excluding hydrogens is 314 g/mol. The number of benzene rings is 1. The number of nitriles is 1. The highest BCUT2D eigenvalue weighted by molar-refractivity contribution is 6.31. The van der Waals surface area contributed by atoms with Crippen LogP contribution >= 0.6 is 11.6 Å². The van der Waals surface area contributed by atoms with Crippen molar-refractivity contribution in [3.05, 3.63) is 35.0 Å². The molecule has 0 N–H and O–H groups in total. The normalized spacial score (nSPS) is 24.3. The first-order valence-corrected chi connectivity index (χ1v) is 8.04. The SMILES string of the molecule is N#Cc1cnc2ccc(Cl)cc2c1N1CCOC2(CCOC2)C1.